The van der Waals surface area contributed by atoms with Crippen LogP contribution in [0.5, 0.6) is 5.75 Å². The van der Waals surface area contributed by atoms with E-state index in [0.717, 1.165) is 25.2 Å². The van der Waals surface area contributed by atoms with Gasteiger partial charge in [0.2, 0.25) is 0 Å². The largest absolute Gasteiger partial charge is 0.482 e. The van der Waals surface area contributed by atoms with Crippen molar-refractivity contribution in [2.75, 3.05) is 38.1 Å². The van der Waals surface area contributed by atoms with E-state index in [9.17, 15) is 9.59 Å². The van der Waals surface area contributed by atoms with E-state index in [1.165, 1.54) is 0 Å². The Morgan fingerprint density at radius 2 is 1.86 bits per heavy atom. The van der Waals surface area contributed by atoms with Crippen molar-refractivity contribution < 1.29 is 14.3 Å². The van der Waals surface area contributed by atoms with Gasteiger partial charge in [-0.15, -0.1) is 0 Å². The summed E-state index contributed by atoms with van der Waals surface area (Å²) in [6.07, 6.45) is 0. The van der Waals surface area contributed by atoms with Gasteiger partial charge in [0.1, 0.15) is 5.75 Å². The number of carbonyl (C=O) groups excluding carboxylic acids is 2. The van der Waals surface area contributed by atoms with Crippen LogP contribution in [0.25, 0.3) is 0 Å². The first-order chi connectivity index (χ1) is 13.6. The molecule has 0 radical (unpaired) electrons. The van der Waals surface area contributed by atoms with Gasteiger partial charge < -0.3 is 15.0 Å². The lowest BCUT2D eigenvalue weighted by Gasteiger charge is -2.35. The van der Waals surface area contributed by atoms with E-state index in [1.807, 2.05) is 29.2 Å². The molecule has 2 aliphatic heterocycles. The standard InChI is InChI=1S/C21H20N4O3/c22-12-15-1-3-16(4-2-15)13-24-7-9-25(10-8-24)21(27)17-5-6-19-18(11-17)23-20(26)14-28-19/h1-6,11H,7-10,13-14H2,(H,23,26). The van der Waals surface area contributed by atoms with Crippen molar-refractivity contribution in [3.05, 3.63) is 59.2 Å². The summed E-state index contributed by atoms with van der Waals surface area (Å²) in [6.45, 7) is 3.68. The normalized spacial score (nSPS) is 16.5. The van der Waals surface area contributed by atoms with Crippen molar-refractivity contribution in [3.63, 3.8) is 0 Å². The summed E-state index contributed by atoms with van der Waals surface area (Å²) in [5.41, 5.74) is 2.90. The number of nitriles is 1. The van der Waals surface area contributed by atoms with Crippen molar-refractivity contribution in [1.29, 1.82) is 5.26 Å². The Bertz CT molecular complexity index is 941. The second-order valence-electron chi connectivity index (χ2n) is 6.92. The average molecular weight is 376 g/mol. The fourth-order valence-corrected chi connectivity index (χ4v) is 3.45. The van der Waals surface area contributed by atoms with Crippen LogP contribution in [0, 0.1) is 11.3 Å². The average Bonchev–Trinajstić information content (AvgIpc) is 2.74. The molecule has 0 spiro atoms. The van der Waals surface area contributed by atoms with E-state index in [1.54, 1.807) is 18.2 Å². The lowest BCUT2D eigenvalue weighted by atomic mass is 10.1. The molecule has 2 aliphatic rings. The molecule has 1 saturated heterocycles. The predicted octanol–water partition coefficient (Wildman–Crippen LogP) is 1.85. The quantitative estimate of drug-likeness (QED) is 0.884. The molecule has 0 aromatic heterocycles. The lowest BCUT2D eigenvalue weighted by molar-refractivity contribution is -0.118. The van der Waals surface area contributed by atoms with Gasteiger partial charge in [0.25, 0.3) is 11.8 Å². The maximum atomic E-state index is 12.8. The Morgan fingerprint density at radius 1 is 1.11 bits per heavy atom. The third-order valence-corrected chi connectivity index (χ3v) is 5.01. The third-order valence-electron chi connectivity index (χ3n) is 5.01. The smallest absolute Gasteiger partial charge is 0.262 e. The van der Waals surface area contributed by atoms with Gasteiger partial charge in [-0.3, -0.25) is 14.5 Å². The van der Waals surface area contributed by atoms with Crippen molar-refractivity contribution >= 4 is 17.5 Å². The van der Waals surface area contributed by atoms with E-state index in [-0.39, 0.29) is 18.4 Å². The number of hydrogen-bond donors (Lipinski definition) is 1. The Morgan fingerprint density at radius 3 is 2.57 bits per heavy atom. The van der Waals surface area contributed by atoms with Crippen LogP contribution < -0.4 is 10.1 Å². The number of benzene rings is 2. The van der Waals surface area contributed by atoms with Crippen LogP contribution in [0.2, 0.25) is 0 Å². The topological polar surface area (TPSA) is 85.7 Å². The minimum absolute atomic E-state index is 0.00148. The van der Waals surface area contributed by atoms with E-state index in [2.05, 4.69) is 16.3 Å². The molecule has 2 aromatic rings. The fourth-order valence-electron chi connectivity index (χ4n) is 3.45. The number of piperazine rings is 1. The first kappa shape index (κ1) is 18.0. The summed E-state index contributed by atoms with van der Waals surface area (Å²) in [6, 6.07) is 14.9. The molecule has 2 aromatic carbocycles. The van der Waals surface area contributed by atoms with Crippen LogP contribution in [-0.4, -0.2) is 54.4 Å². The fraction of sp³-hybridized carbons (Fsp3) is 0.286. The maximum absolute atomic E-state index is 12.8. The predicted molar refractivity (Wildman–Crippen MR) is 103 cm³/mol. The summed E-state index contributed by atoms with van der Waals surface area (Å²) in [7, 11) is 0. The summed E-state index contributed by atoms with van der Waals surface area (Å²) >= 11 is 0. The molecular formula is C21H20N4O3. The third kappa shape index (κ3) is 3.82. The Hall–Kier alpha value is -3.37. The second kappa shape index (κ2) is 7.71. The highest BCUT2D eigenvalue weighted by Gasteiger charge is 2.24. The van der Waals surface area contributed by atoms with E-state index >= 15 is 0 Å². The Balaban J connectivity index is 1.35. The molecule has 142 valence electrons. The van der Waals surface area contributed by atoms with E-state index < -0.39 is 0 Å². The second-order valence-corrected chi connectivity index (χ2v) is 6.92. The van der Waals surface area contributed by atoms with Gasteiger partial charge in [0.05, 0.1) is 17.3 Å². The van der Waals surface area contributed by atoms with Crippen molar-refractivity contribution in [3.8, 4) is 11.8 Å². The van der Waals surface area contributed by atoms with Crippen LogP contribution in [-0.2, 0) is 11.3 Å². The minimum Gasteiger partial charge on any atom is -0.482 e. The summed E-state index contributed by atoms with van der Waals surface area (Å²) in [4.78, 5) is 28.4. The Labute approximate surface area is 163 Å². The minimum atomic E-state index is -0.214. The maximum Gasteiger partial charge on any atom is 0.262 e. The highest BCUT2D eigenvalue weighted by molar-refractivity contribution is 5.99. The van der Waals surface area contributed by atoms with Crippen LogP contribution in [0.3, 0.4) is 0 Å². The zero-order valence-electron chi connectivity index (χ0n) is 15.4. The van der Waals surface area contributed by atoms with Crippen LogP contribution in [0.1, 0.15) is 21.5 Å². The number of ether oxygens (including phenoxy) is 1. The highest BCUT2D eigenvalue weighted by atomic mass is 16.5. The van der Waals surface area contributed by atoms with E-state index in [0.29, 0.717) is 35.7 Å². The molecule has 0 bridgehead atoms. The molecule has 0 saturated carbocycles. The van der Waals surface area contributed by atoms with Crippen molar-refractivity contribution in [2.24, 2.45) is 0 Å². The SMILES string of the molecule is N#Cc1ccc(CN2CCN(C(=O)c3ccc4c(c3)NC(=O)CO4)CC2)cc1. The number of rotatable bonds is 3. The number of nitrogens with one attached hydrogen (secondary N) is 1. The van der Waals surface area contributed by atoms with Gasteiger partial charge >= 0.3 is 0 Å². The number of nitrogens with zero attached hydrogens (tertiary/aromatic N) is 3. The molecule has 7 nitrogen and oxygen atoms in total. The van der Waals surface area contributed by atoms with Gasteiger partial charge in [-0.25, -0.2) is 0 Å². The first-order valence-electron chi connectivity index (χ1n) is 9.20. The summed E-state index contributed by atoms with van der Waals surface area (Å²) < 4.78 is 5.34. The summed E-state index contributed by atoms with van der Waals surface area (Å²) in [5.74, 6) is 0.331. The molecule has 2 heterocycles. The molecule has 0 aliphatic carbocycles. The molecular weight excluding hydrogens is 356 g/mol. The van der Waals surface area contributed by atoms with Gasteiger partial charge in [-0.05, 0) is 35.9 Å². The zero-order valence-corrected chi connectivity index (χ0v) is 15.4. The summed E-state index contributed by atoms with van der Waals surface area (Å²) in [5, 5.41) is 11.6. The molecule has 4 rings (SSSR count). The number of anilines is 1. The number of fused-ring (bicyclic) bond motifs is 1. The molecule has 7 heteroatoms. The lowest BCUT2D eigenvalue weighted by Crippen LogP contribution is -2.48. The van der Waals surface area contributed by atoms with Crippen molar-refractivity contribution in [2.45, 2.75) is 6.54 Å². The molecule has 0 atom stereocenters. The molecule has 1 fully saturated rings. The number of hydrogen-bond acceptors (Lipinski definition) is 5. The number of amides is 2. The van der Waals surface area contributed by atoms with Crippen LogP contribution in [0.15, 0.2) is 42.5 Å². The van der Waals surface area contributed by atoms with Gasteiger partial charge in [-0.1, -0.05) is 12.1 Å². The van der Waals surface area contributed by atoms with Crippen LogP contribution >= 0.6 is 0 Å². The number of carbonyl (C=O) groups is 2. The van der Waals surface area contributed by atoms with Gasteiger partial charge in [0.15, 0.2) is 6.61 Å². The van der Waals surface area contributed by atoms with Gasteiger partial charge in [-0.2, -0.15) is 5.26 Å². The van der Waals surface area contributed by atoms with E-state index in [4.69, 9.17) is 10.00 Å². The molecule has 1 N–H and O–H groups in total. The molecule has 2 amide bonds. The van der Waals surface area contributed by atoms with Crippen LogP contribution in [0.4, 0.5) is 5.69 Å². The van der Waals surface area contributed by atoms with Gasteiger partial charge in [0, 0.05) is 38.3 Å². The zero-order chi connectivity index (χ0) is 19.5. The van der Waals surface area contributed by atoms with Crippen molar-refractivity contribution in [1.82, 2.24) is 9.80 Å². The molecule has 28 heavy (non-hydrogen) atoms. The first-order valence-corrected chi connectivity index (χ1v) is 9.20. The highest BCUT2D eigenvalue weighted by Crippen LogP contribution is 2.29. The Kier molecular flexibility index (Phi) is 4.96. The molecule has 0 unspecified atom stereocenters. The monoisotopic (exact) mass is 376 g/mol.